The Morgan fingerprint density at radius 3 is 2.24 bits per heavy atom. The van der Waals surface area contributed by atoms with Crippen LogP contribution in [0.2, 0.25) is 0 Å². The van der Waals surface area contributed by atoms with Crippen molar-refractivity contribution < 1.29 is 28.9 Å². The SMILES string of the molecule is COc1ccc(/C(O)=C2/C(=O)C(=O)N(CCN(C)C)C2c2ccc(OCc3ccccc3)cc2)cc1OC. The summed E-state index contributed by atoms with van der Waals surface area (Å²) >= 11 is 0. The van der Waals surface area contributed by atoms with Crippen LogP contribution < -0.4 is 14.2 Å². The van der Waals surface area contributed by atoms with Crippen molar-refractivity contribution in [1.82, 2.24) is 9.80 Å². The molecule has 1 amide bonds. The first-order valence-electron chi connectivity index (χ1n) is 12.3. The second kappa shape index (κ2) is 11.8. The number of ether oxygens (including phenoxy) is 3. The third-order valence-electron chi connectivity index (χ3n) is 6.43. The van der Waals surface area contributed by atoms with Crippen LogP contribution in [-0.2, 0) is 16.2 Å². The molecule has 1 saturated heterocycles. The molecule has 1 unspecified atom stereocenters. The molecule has 0 radical (unpaired) electrons. The fraction of sp³-hybridized carbons (Fsp3) is 0.267. The number of aliphatic hydroxyl groups is 1. The third-order valence-corrected chi connectivity index (χ3v) is 6.43. The van der Waals surface area contributed by atoms with Crippen molar-refractivity contribution in [1.29, 1.82) is 0 Å². The Morgan fingerprint density at radius 2 is 1.61 bits per heavy atom. The number of likely N-dealkylation sites (N-methyl/N-ethyl adjacent to an activating group) is 1. The van der Waals surface area contributed by atoms with Crippen LogP contribution in [0.15, 0.2) is 78.4 Å². The van der Waals surface area contributed by atoms with E-state index in [4.69, 9.17) is 14.2 Å². The first-order chi connectivity index (χ1) is 18.3. The Labute approximate surface area is 222 Å². The number of hydrogen-bond acceptors (Lipinski definition) is 7. The molecule has 4 rings (SSSR count). The van der Waals surface area contributed by atoms with Gasteiger partial charge in [-0.05, 0) is 55.6 Å². The molecule has 0 aromatic heterocycles. The van der Waals surface area contributed by atoms with E-state index in [1.54, 1.807) is 30.3 Å². The van der Waals surface area contributed by atoms with Gasteiger partial charge < -0.3 is 29.1 Å². The Hall–Kier alpha value is -4.30. The zero-order chi connectivity index (χ0) is 27.2. The average molecular weight is 517 g/mol. The number of aliphatic hydroxyl groups excluding tert-OH is 1. The van der Waals surface area contributed by atoms with Crippen LogP contribution >= 0.6 is 0 Å². The molecule has 8 heteroatoms. The Bertz CT molecular complexity index is 1320. The molecule has 0 aliphatic carbocycles. The lowest BCUT2D eigenvalue weighted by Gasteiger charge is -2.26. The molecular weight excluding hydrogens is 484 g/mol. The second-order valence-electron chi connectivity index (χ2n) is 9.21. The molecule has 3 aromatic rings. The minimum absolute atomic E-state index is 0.0268. The fourth-order valence-electron chi connectivity index (χ4n) is 4.39. The van der Waals surface area contributed by atoms with E-state index in [9.17, 15) is 14.7 Å². The fourth-order valence-corrected chi connectivity index (χ4v) is 4.39. The second-order valence-corrected chi connectivity index (χ2v) is 9.21. The van der Waals surface area contributed by atoms with Crippen LogP contribution in [0.3, 0.4) is 0 Å². The van der Waals surface area contributed by atoms with Crippen molar-refractivity contribution in [3.8, 4) is 17.2 Å². The molecule has 1 aliphatic heterocycles. The largest absolute Gasteiger partial charge is 0.507 e. The summed E-state index contributed by atoms with van der Waals surface area (Å²) in [5.74, 6) is -0.115. The number of rotatable bonds is 10. The van der Waals surface area contributed by atoms with Crippen LogP contribution in [0.25, 0.3) is 5.76 Å². The van der Waals surface area contributed by atoms with E-state index in [1.165, 1.54) is 19.1 Å². The molecule has 0 bridgehead atoms. The highest BCUT2D eigenvalue weighted by Crippen LogP contribution is 2.41. The number of nitrogens with zero attached hydrogens (tertiary/aromatic N) is 2. The molecule has 1 N–H and O–H groups in total. The Morgan fingerprint density at radius 1 is 0.921 bits per heavy atom. The van der Waals surface area contributed by atoms with Gasteiger partial charge in [0.15, 0.2) is 11.5 Å². The van der Waals surface area contributed by atoms with Crippen LogP contribution in [0.5, 0.6) is 17.2 Å². The van der Waals surface area contributed by atoms with Gasteiger partial charge in [0.05, 0.1) is 25.8 Å². The summed E-state index contributed by atoms with van der Waals surface area (Å²) in [4.78, 5) is 29.8. The number of amides is 1. The zero-order valence-corrected chi connectivity index (χ0v) is 22.0. The smallest absolute Gasteiger partial charge is 0.295 e. The number of carbonyl (C=O) groups excluding carboxylic acids is 2. The van der Waals surface area contributed by atoms with Crippen molar-refractivity contribution in [2.75, 3.05) is 41.4 Å². The highest BCUT2D eigenvalue weighted by molar-refractivity contribution is 6.46. The lowest BCUT2D eigenvalue weighted by Crippen LogP contribution is -2.35. The van der Waals surface area contributed by atoms with E-state index in [0.29, 0.717) is 48.1 Å². The van der Waals surface area contributed by atoms with Crippen molar-refractivity contribution >= 4 is 17.4 Å². The number of likely N-dealkylation sites (tertiary alicyclic amines) is 1. The van der Waals surface area contributed by atoms with Crippen LogP contribution in [0.1, 0.15) is 22.7 Å². The van der Waals surface area contributed by atoms with Gasteiger partial charge in [0.1, 0.15) is 18.1 Å². The minimum Gasteiger partial charge on any atom is -0.507 e. The van der Waals surface area contributed by atoms with E-state index in [1.807, 2.05) is 61.5 Å². The summed E-state index contributed by atoms with van der Waals surface area (Å²) in [6.07, 6.45) is 0. The molecule has 1 aliphatic rings. The van der Waals surface area contributed by atoms with E-state index < -0.39 is 17.7 Å². The number of Topliss-reactive ketones (excluding diaryl/α,β-unsaturated/α-hetero) is 1. The summed E-state index contributed by atoms with van der Waals surface area (Å²) in [6.45, 7) is 1.29. The van der Waals surface area contributed by atoms with Gasteiger partial charge in [-0.3, -0.25) is 9.59 Å². The Balaban J connectivity index is 1.71. The molecule has 1 heterocycles. The summed E-state index contributed by atoms with van der Waals surface area (Å²) in [5.41, 5.74) is 2.11. The molecule has 0 saturated carbocycles. The summed E-state index contributed by atoms with van der Waals surface area (Å²) < 4.78 is 16.6. The standard InChI is InChI=1S/C30H32N2O6/c1-31(2)16-17-32-27(21-10-13-23(14-11-21)38-19-20-8-6-5-7-9-20)26(29(34)30(32)35)28(33)22-12-15-24(36-3)25(18-22)37-4/h5-15,18,27,33H,16-17,19H2,1-4H3/b28-26-. The maximum Gasteiger partial charge on any atom is 0.295 e. The third kappa shape index (κ3) is 5.65. The zero-order valence-electron chi connectivity index (χ0n) is 22.0. The monoisotopic (exact) mass is 516 g/mol. The maximum atomic E-state index is 13.3. The van der Waals surface area contributed by atoms with E-state index in [2.05, 4.69) is 0 Å². The van der Waals surface area contributed by atoms with Gasteiger partial charge in [0.2, 0.25) is 0 Å². The summed E-state index contributed by atoms with van der Waals surface area (Å²) in [7, 11) is 6.80. The molecule has 38 heavy (non-hydrogen) atoms. The minimum atomic E-state index is -0.758. The lowest BCUT2D eigenvalue weighted by molar-refractivity contribution is -0.140. The average Bonchev–Trinajstić information content (AvgIpc) is 3.19. The van der Waals surface area contributed by atoms with Gasteiger partial charge in [0.25, 0.3) is 11.7 Å². The summed E-state index contributed by atoms with van der Waals surface area (Å²) in [5, 5.41) is 11.3. The molecule has 0 spiro atoms. The van der Waals surface area contributed by atoms with Gasteiger partial charge in [-0.15, -0.1) is 0 Å². The summed E-state index contributed by atoms with van der Waals surface area (Å²) in [6, 6.07) is 21.2. The van der Waals surface area contributed by atoms with Gasteiger partial charge >= 0.3 is 0 Å². The van der Waals surface area contributed by atoms with Crippen LogP contribution in [0, 0.1) is 0 Å². The first-order valence-corrected chi connectivity index (χ1v) is 12.3. The molecular formula is C30H32N2O6. The van der Waals surface area contributed by atoms with E-state index >= 15 is 0 Å². The molecule has 8 nitrogen and oxygen atoms in total. The van der Waals surface area contributed by atoms with Crippen molar-refractivity contribution in [3.05, 3.63) is 95.1 Å². The quantitative estimate of drug-likeness (QED) is 0.245. The highest BCUT2D eigenvalue weighted by atomic mass is 16.5. The van der Waals surface area contributed by atoms with E-state index in [0.717, 1.165) is 5.56 Å². The molecule has 198 valence electrons. The van der Waals surface area contributed by atoms with Crippen molar-refractivity contribution in [2.45, 2.75) is 12.6 Å². The highest BCUT2D eigenvalue weighted by Gasteiger charge is 2.46. The van der Waals surface area contributed by atoms with Crippen LogP contribution in [0.4, 0.5) is 0 Å². The Kier molecular flexibility index (Phi) is 8.33. The number of methoxy groups -OCH3 is 2. The number of benzene rings is 3. The number of carbonyl (C=O) groups is 2. The van der Waals surface area contributed by atoms with Crippen molar-refractivity contribution in [2.24, 2.45) is 0 Å². The maximum absolute atomic E-state index is 13.3. The normalized spacial score (nSPS) is 16.7. The number of hydrogen-bond donors (Lipinski definition) is 1. The first kappa shape index (κ1) is 26.8. The van der Waals surface area contributed by atoms with Gasteiger partial charge in [-0.25, -0.2) is 0 Å². The van der Waals surface area contributed by atoms with Gasteiger partial charge in [0, 0.05) is 18.7 Å². The lowest BCUT2D eigenvalue weighted by atomic mass is 9.95. The van der Waals surface area contributed by atoms with Crippen LogP contribution in [-0.4, -0.2) is 68.0 Å². The van der Waals surface area contributed by atoms with Gasteiger partial charge in [-0.2, -0.15) is 0 Å². The topological polar surface area (TPSA) is 88.5 Å². The molecule has 1 atom stereocenters. The predicted octanol–water partition coefficient (Wildman–Crippen LogP) is 4.27. The van der Waals surface area contributed by atoms with E-state index in [-0.39, 0.29) is 11.3 Å². The number of ketones is 1. The van der Waals surface area contributed by atoms with Crippen molar-refractivity contribution in [3.63, 3.8) is 0 Å². The molecule has 3 aromatic carbocycles. The van der Waals surface area contributed by atoms with Gasteiger partial charge in [-0.1, -0.05) is 42.5 Å². The molecule has 1 fully saturated rings. The predicted molar refractivity (Wildman–Crippen MR) is 144 cm³/mol.